The molecule has 0 heterocycles. The molecule has 0 saturated carbocycles. The van der Waals surface area contributed by atoms with Crippen molar-refractivity contribution in [3.63, 3.8) is 0 Å². The zero-order valence-corrected chi connectivity index (χ0v) is 12.2. The summed E-state index contributed by atoms with van der Waals surface area (Å²) < 4.78 is 6.97. The second kappa shape index (κ2) is 7.85. The third-order valence-electron chi connectivity index (χ3n) is 2.82. The second-order valence-corrected chi connectivity index (χ2v) is 5.42. The Labute approximate surface area is 113 Å². The van der Waals surface area contributed by atoms with E-state index in [0.717, 1.165) is 16.6 Å². The van der Waals surface area contributed by atoms with Crippen LogP contribution in [0, 0.1) is 5.92 Å². The molecule has 17 heavy (non-hydrogen) atoms. The van der Waals surface area contributed by atoms with Crippen molar-refractivity contribution in [2.75, 3.05) is 13.2 Å². The summed E-state index contributed by atoms with van der Waals surface area (Å²) in [6.07, 6.45) is 2.43. The fourth-order valence-electron chi connectivity index (χ4n) is 1.83. The molecular formula is C14H22BrNO. The third-order valence-corrected chi connectivity index (χ3v) is 3.35. The fourth-order valence-corrected chi connectivity index (χ4v) is 2.10. The topological polar surface area (TPSA) is 35.2 Å². The molecule has 2 atom stereocenters. The molecule has 2 N–H and O–H groups in total. The van der Waals surface area contributed by atoms with Gasteiger partial charge in [0.15, 0.2) is 0 Å². The standard InChI is InChI=1S/C14H22BrNO/c1-3-4-11(2)10-17-14(9-16)12-5-7-13(15)8-6-12/h5-8,11,14H,3-4,9-10,16H2,1-2H3. The summed E-state index contributed by atoms with van der Waals surface area (Å²) >= 11 is 3.43. The van der Waals surface area contributed by atoms with Crippen LogP contribution in [0.4, 0.5) is 0 Å². The summed E-state index contributed by atoms with van der Waals surface area (Å²) in [7, 11) is 0. The normalized spacial score (nSPS) is 14.6. The van der Waals surface area contributed by atoms with E-state index in [4.69, 9.17) is 10.5 Å². The lowest BCUT2D eigenvalue weighted by Gasteiger charge is -2.19. The van der Waals surface area contributed by atoms with Gasteiger partial charge in [-0.25, -0.2) is 0 Å². The zero-order valence-electron chi connectivity index (χ0n) is 10.7. The molecule has 0 fully saturated rings. The van der Waals surface area contributed by atoms with E-state index >= 15 is 0 Å². The van der Waals surface area contributed by atoms with Crippen LogP contribution in [0.5, 0.6) is 0 Å². The van der Waals surface area contributed by atoms with Crippen molar-refractivity contribution < 1.29 is 4.74 Å². The number of hydrogen-bond acceptors (Lipinski definition) is 2. The highest BCUT2D eigenvalue weighted by Crippen LogP contribution is 2.20. The molecule has 0 aliphatic rings. The molecule has 2 nitrogen and oxygen atoms in total. The Morgan fingerprint density at radius 2 is 1.94 bits per heavy atom. The van der Waals surface area contributed by atoms with Crippen molar-refractivity contribution in [1.82, 2.24) is 0 Å². The molecule has 0 aromatic heterocycles. The number of ether oxygens (including phenoxy) is 1. The highest BCUT2D eigenvalue weighted by molar-refractivity contribution is 9.10. The Morgan fingerprint density at radius 3 is 2.47 bits per heavy atom. The molecule has 0 aliphatic heterocycles. The molecule has 0 aliphatic carbocycles. The maximum atomic E-state index is 5.89. The molecule has 96 valence electrons. The first-order chi connectivity index (χ1) is 8.17. The summed E-state index contributed by atoms with van der Waals surface area (Å²) in [5, 5.41) is 0. The maximum absolute atomic E-state index is 5.89. The van der Waals surface area contributed by atoms with Gasteiger partial charge in [-0.15, -0.1) is 0 Å². The van der Waals surface area contributed by atoms with E-state index < -0.39 is 0 Å². The summed E-state index contributed by atoms with van der Waals surface area (Å²) in [5.41, 5.74) is 6.92. The van der Waals surface area contributed by atoms with Crippen LogP contribution < -0.4 is 5.73 Å². The summed E-state index contributed by atoms with van der Waals surface area (Å²) in [4.78, 5) is 0. The lowest BCUT2D eigenvalue weighted by molar-refractivity contribution is 0.0351. The monoisotopic (exact) mass is 299 g/mol. The minimum Gasteiger partial charge on any atom is -0.372 e. The van der Waals surface area contributed by atoms with Crippen LogP contribution in [0.3, 0.4) is 0 Å². The van der Waals surface area contributed by atoms with Gasteiger partial charge in [0.05, 0.1) is 12.7 Å². The molecule has 0 spiro atoms. The van der Waals surface area contributed by atoms with E-state index in [1.54, 1.807) is 0 Å². The highest BCUT2D eigenvalue weighted by atomic mass is 79.9. The Morgan fingerprint density at radius 1 is 1.29 bits per heavy atom. The van der Waals surface area contributed by atoms with E-state index in [0.29, 0.717) is 12.5 Å². The van der Waals surface area contributed by atoms with Crippen molar-refractivity contribution >= 4 is 15.9 Å². The summed E-state index contributed by atoms with van der Waals surface area (Å²) in [6.45, 7) is 5.73. The third kappa shape index (κ3) is 5.19. The van der Waals surface area contributed by atoms with Crippen LogP contribution in [-0.4, -0.2) is 13.2 Å². The number of hydrogen-bond donors (Lipinski definition) is 1. The van der Waals surface area contributed by atoms with Gasteiger partial charge in [-0.3, -0.25) is 0 Å². The van der Waals surface area contributed by atoms with Crippen LogP contribution in [0.25, 0.3) is 0 Å². The van der Waals surface area contributed by atoms with Gasteiger partial charge < -0.3 is 10.5 Å². The van der Waals surface area contributed by atoms with Gasteiger partial charge in [-0.05, 0) is 30.0 Å². The van der Waals surface area contributed by atoms with E-state index in [1.807, 2.05) is 12.1 Å². The fraction of sp³-hybridized carbons (Fsp3) is 0.571. The number of halogens is 1. The average molecular weight is 300 g/mol. The van der Waals surface area contributed by atoms with Crippen molar-refractivity contribution in [3.8, 4) is 0 Å². The van der Waals surface area contributed by atoms with E-state index in [2.05, 4.69) is 41.9 Å². The zero-order chi connectivity index (χ0) is 12.7. The lowest BCUT2D eigenvalue weighted by Crippen LogP contribution is -2.18. The SMILES string of the molecule is CCCC(C)COC(CN)c1ccc(Br)cc1. The quantitative estimate of drug-likeness (QED) is 0.829. The number of benzene rings is 1. The van der Waals surface area contributed by atoms with Crippen LogP contribution >= 0.6 is 15.9 Å². The molecule has 0 bridgehead atoms. The van der Waals surface area contributed by atoms with Gasteiger partial charge in [-0.2, -0.15) is 0 Å². The van der Waals surface area contributed by atoms with Gasteiger partial charge in [0, 0.05) is 11.0 Å². The molecule has 0 amide bonds. The first kappa shape index (κ1) is 14.7. The van der Waals surface area contributed by atoms with Crippen molar-refractivity contribution in [2.45, 2.75) is 32.8 Å². The summed E-state index contributed by atoms with van der Waals surface area (Å²) in [5.74, 6) is 0.601. The van der Waals surface area contributed by atoms with E-state index in [9.17, 15) is 0 Å². The van der Waals surface area contributed by atoms with Crippen molar-refractivity contribution in [3.05, 3.63) is 34.3 Å². The number of rotatable bonds is 7. The van der Waals surface area contributed by atoms with Crippen LogP contribution in [0.15, 0.2) is 28.7 Å². The highest BCUT2D eigenvalue weighted by Gasteiger charge is 2.11. The Hall–Kier alpha value is -0.380. The van der Waals surface area contributed by atoms with Gasteiger partial charge in [0.2, 0.25) is 0 Å². The van der Waals surface area contributed by atoms with Gasteiger partial charge in [0.1, 0.15) is 0 Å². The van der Waals surface area contributed by atoms with Crippen LogP contribution in [-0.2, 0) is 4.74 Å². The first-order valence-corrected chi connectivity index (χ1v) is 7.03. The minimum atomic E-state index is 0.0161. The predicted molar refractivity (Wildman–Crippen MR) is 76.0 cm³/mol. The predicted octanol–water partition coefficient (Wildman–Crippen LogP) is 3.90. The molecule has 0 radical (unpaired) electrons. The van der Waals surface area contributed by atoms with E-state index in [-0.39, 0.29) is 6.10 Å². The average Bonchev–Trinajstić information content (AvgIpc) is 2.32. The molecule has 2 unspecified atom stereocenters. The first-order valence-electron chi connectivity index (χ1n) is 6.24. The molecule has 1 aromatic rings. The largest absolute Gasteiger partial charge is 0.372 e. The second-order valence-electron chi connectivity index (χ2n) is 4.50. The molecule has 3 heteroatoms. The Bertz CT molecular complexity index is 313. The van der Waals surface area contributed by atoms with Gasteiger partial charge >= 0.3 is 0 Å². The molecule has 1 rings (SSSR count). The molecule has 1 aromatic carbocycles. The molecule has 0 saturated heterocycles. The van der Waals surface area contributed by atoms with Crippen LogP contribution in [0.2, 0.25) is 0 Å². The lowest BCUT2D eigenvalue weighted by atomic mass is 10.1. The smallest absolute Gasteiger partial charge is 0.0947 e. The molecular weight excluding hydrogens is 278 g/mol. The maximum Gasteiger partial charge on any atom is 0.0947 e. The van der Waals surface area contributed by atoms with Crippen molar-refractivity contribution in [2.24, 2.45) is 11.7 Å². The Kier molecular flexibility index (Phi) is 6.78. The summed E-state index contributed by atoms with van der Waals surface area (Å²) in [6, 6.07) is 8.17. The van der Waals surface area contributed by atoms with E-state index in [1.165, 1.54) is 12.8 Å². The Balaban J connectivity index is 2.51. The van der Waals surface area contributed by atoms with Crippen LogP contribution in [0.1, 0.15) is 38.4 Å². The number of nitrogens with two attached hydrogens (primary N) is 1. The minimum absolute atomic E-state index is 0.0161. The van der Waals surface area contributed by atoms with Crippen molar-refractivity contribution in [1.29, 1.82) is 0 Å². The van der Waals surface area contributed by atoms with Gasteiger partial charge in [-0.1, -0.05) is 48.3 Å². The van der Waals surface area contributed by atoms with Gasteiger partial charge in [0.25, 0.3) is 0 Å².